The highest BCUT2D eigenvalue weighted by molar-refractivity contribution is 6.13. The molecule has 0 aliphatic carbocycles. The molecule has 1 aromatic heterocycles. The van der Waals surface area contributed by atoms with Crippen molar-refractivity contribution in [2.75, 3.05) is 11.9 Å². The molecule has 0 saturated heterocycles. The van der Waals surface area contributed by atoms with Crippen LogP contribution in [0.15, 0.2) is 103 Å². The molecule has 0 atom stereocenters. The van der Waals surface area contributed by atoms with E-state index in [-0.39, 0.29) is 5.69 Å². The molecule has 1 N–H and O–H groups in total. The van der Waals surface area contributed by atoms with Crippen LogP contribution in [0.4, 0.5) is 18.9 Å². The van der Waals surface area contributed by atoms with E-state index in [1.165, 1.54) is 24.0 Å². The Balaban J connectivity index is 1.24. The van der Waals surface area contributed by atoms with Gasteiger partial charge in [-0.3, -0.25) is 4.79 Å². The smallest absolute Gasteiger partial charge is 0.416 e. The van der Waals surface area contributed by atoms with Gasteiger partial charge in [-0.05, 0) is 65.2 Å². The van der Waals surface area contributed by atoms with E-state index < -0.39 is 17.6 Å². The Hall–Kier alpha value is -4.76. The standard InChI is InChI=1S/C31H24F3N3O3/c32-31(33,34)23-9-5-10-24(17-23)37-30(38)28-11-4-8-22-16-26(12-13-27(22)28)40-29-18-25(35-20-36-29)19-39-15-14-21-6-2-1-3-7-21/h1-13,16-18,20H,14-15,19H2,(H,37,38). The van der Waals surface area contributed by atoms with Crippen LogP contribution in [0.25, 0.3) is 10.8 Å². The molecule has 0 saturated carbocycles. The van der Waals surface area contributed by atoms with Crippen molar-refractivity contribution in [1.82, 2.24) is 9.97 Å². The van der Waals surface area contributed by atoms with Crippen LogP contribution in [0, 0.1) is 0 Å². The summed E-state index contributed by atoms with van der Waals surface area (Å²) in [6.07, 6.45) is -2.30. The maximum atomic E-state index is 13.0. The number of ether oxygens (including phenoxy) is 2. The van der Waals surface area contributed by atoms with E-state index in [2.05, 4.69) is 27.4 Å². The summed E-state index contributed by atoms with van der Waals surface area (Å²) in [5.41, 5.74) is 1.41. The topological polar surface area (TPSA) is 73.3 Å². The van der Waals surface area contributed by atoms with E-state index in [1.807, 2.05) is 24.3 Å². The first-order valence-corrected chi connectivity index (χ1v) is 12.5. The van der Waals surface area contributed by atoms with Gasteiger partial charge in [-0.25, -0.2) is 9.97 Å². The number of nitrogens with zero attached hydrogens (tertiary/aromatic N) is 2. The van der Waals surface area contributed by atoms with Crippen LogP contribution in [-0.2, 0) is 23.9 Å². The van der Waals surface area contributed by atoms with Crippen LogP contribution < -0.4 is 10.1 Å². The van der Waals surface area contributed by atoms with Crippen LogP contribution in [0.5, 0.6) is 11.6 Å². The highest BCUT2D eigenvalue weighted by Gasteiger charge is 2.30. The summed E-state index contributed by atoms with van der Waals surface area (Å²) in [4.78, 5) is 21.3. The third-order valence-electron chi connectivity index (χ3n) is 6.09. The fourth-order valence-electron chi connectivity index (χ4n) is 4.14. The van der Waals surface area contributed by atoms with Gasteiger partial charge in [-0.2, -0.15) is 13.2 Å². The first kappa shape index (κ1) is 26.8. The van der Waals surface area contributed by atoms with Gasteiger partial charge >= 0.3 is 6.18 Å². The third kappa shape index (κ3) is 6.81. The molecule has 40 heavy (non-hydrogen) atoms. The molecule has 0 unspecified atom stereocenters. The molecule has 5 aromatic rings. The largest absolute Gasteiger partial charge is 0.439 e. The Labute approximate surface area is 228 Å². The molecule has 0 radical (unpaired) electrons. The van der Waals surface area contributed by atoms with Gasteiger partial charge in [0.2, 0.25) is 5.88 Å². The van der Waals surface area contributed by atoms with Gasteiger partial charge in [-0.1, -0.05) is 48.5 Å². The van der Waals surface area contributed by atoms with E-state index in [4.69, 9.17) is 9.47 Å². The van der Waals surface area contributed by atoms with Crippen LogP contribution in [0.1, 0.15) is 27.2 Å². The molecule has 0 spiro atoms. The van der Waals surface area contributed by atoms with Crippen LogP contribution in [0.2, 0.25) is 0 Å². The average Bonchev–Trinajstić information content (AvgIpc) is 2.95. The van der Waals surface area contributed by atoms with Crippen molar-refractivity contribution in [3.8, 4) is 11.6 Å². The number of aromatic nitrogens is 2. The Morgan fingerprint density at radius 1 is 0.850 bits per heavy atom. The molecular formula is C31H24F3N3O3. The molecule has 0 aliphatic rings. The number of rotatable bonds is 9. The number of hydrogen-bond donors (Lipinski definition) is 1. The SMILES string of the molecule is O=C(Nc1cccc(C(F)(F)F)c1)c1cccc2cc(Oc3cc(COCCc4ccccc4)ncn3)ccc12. The van der Waals surface area contributed by atoms with Gasteiger partial charge in [0.15, 0.2) is 0 Å². The fraction of sp³-hybridized carbons (Fsp3) is 0.129. The second-order valence-electron chi connectivity index (χ2n) is 8.96. The molecule has 0 bridgehead atoms. The van der Waals surface area contributed by atoms with E-state index in [0.717, 1.165) is 18.6 Å². The van der Waals surface area contributed by atoms with Crippen LogP contribution >= 0.6 is 0 Å². The van der Waals surface area contributed by atoms with Gasteiger partial charge < -0.3 is 14.8 Å². The average molecular weight is 544 g/mol. The Bertz CT molecular complexity index is 1630. The second-order valence-corrected chi connectivity index (χ2v) is 8.96. The lowest BCUT2D eigenvalue weighted by Gasteiger charge is -2.12. The number of hydrogen-bond acceptors (Lipinski definition) is 5. The van der Waals surface area contributed by atoms with E-state index in [1.54, 1.807) is 36.4 Å². The number of benzene rings is 4. The fourth-order valence-corrected chi connectivity index (χ4v) is 4.14. The number of carbonyl (C=O) groups is 1. The molecule has 9 heteroatoms. The van der Waals surface area contributed by atoms with E-state index in [0.29, 0.717) is 46.9 Å². The molecule has 0 fully saturated rings. The zero-order valence-electron chi connectivity index (χ0n) is 21.2. The predicted octanol–water partition coefficient (Wildman–Crippen LogP) is 7.45. The van der Waals surface area contributed by atoms with Crippen molar-refractivity contribution >= 4 is 22.4 Å². The molecule has 202 valence electrons. The maximum absolute atomic E-state index is 13.0. The number of anilines is 1. The monoisotopic (exact) mass is 543 g/mol. The van der Waals surface area contributed by atoms with Gasteiger partial charge in [0.05, 0.1) is 24.5 Å². The number of nitrogens with one attached hydrogen (secondary N) is 1. The van der Waals surface area contributed by atoms with Crippen molar-refractivity contribution in [1.29, 1.82) is 0 Å². The molecule has 4 aromatic carbocycles. The van der Waals surface area contributed by atoms with Crippen molar-refractivity contribution < 1.29 is 27.4 Å². The minimum absolute atomic E-state index is 0.0559. The highest BCUT2D eigenvalue weighted by Crippen LogP contribution is 2.31. The van der Waals surface area contributed by atoms with Gasteiger partial charge in [0.1, 0.15) is 12.1 Å². The van der Waals surface area contributed by atoms with Crippen LogP contribution in [-0.4, -0.2) is 22.5 Å². The summed E-state index contributed by atoms with van der Waals surface area (Å²) in [5, 5.41) is 3.89. The number of fused-ring (bicyclic) bond motifs is 1. The Morgan fingerprint density at radius 3 is 2.50 bits per heavy atom. The molecule has 6 nitrogen and oxygen atoms in total. The lowest BCUT2D eigenvalue weighted by Crippen LogP contribution is -2.13. The first-order valence-electron chi connectivity index (χ1n) is 12.5. The molecule has 1 amide bonds. The molecule has 0 aliphatic heterocycles. The number of halogens is 3. The van der Waals surface area contributed by atoms with Crippen molar-refractivity contribution in [2.45, 2.75) is 19.2 Å². The summed E-state index contributed by atoms with van der Waals surface area (Å²) in [5.74, 6) is 0.318. The molecule has 1 heterocycles. The van der Waals surface area contributed by atoms with Gasteiger partial charge in [0, 0.05) is 17.3 Å². The number of alkyl halides is 3. The van der Waals surface area contributed by atoms with Crippen LogP contribution in [0.3, 0.4) is 0 Å². The van der Waals surface area contributed by atoms with Crippen molar-refractivity contribution in [2.24, 2.45) is 0 Å². The zero-order valence-corrected chi connectivity index (χ0v) is 21.2. The number of amides is 1. The summed E-state index contributed by atoms with van der Waals surface area (Å²) in [6.45, 7) is 0.867. The van der Waals surface area contributed by atoms with Gasteiger partial charge in [0.25, 0.3) is 5.91 Å². The predicted molar refractivity (Wildman–Crippen MR) is 145 cm³/mol. The summed E-state index contributed by atoms with van der Waals surface area (Å²) in [6, 6.07) is 26.6. The first-order chi connectivity index (χ1) is 19.3. The lowest BCUT2D eigenvalue weighted by atomic mass is 10.0. The zero-order chi connectivity index (χ0) is 28.0. The highest BCUT2D eigenvalue weighted by atomic mass is 19.4. The Kier molecular flexibility index (Phi) is 8.02. The van der Waals surface area contributed by atoms with Gasteiger partial charge in [-0.15, -0.1) is 0 Å². The molecular weight excluding hydrogens is 519 g/mol. The minimum atomic E-state index is -4.50. The Morgan fingerprint density at radius 2 is 1.68 bits per heavy atom. The summed E-state index contributed by atoms with van der Waals surface area (Å²) in [7, 11) is 0. The summed E-state index contributed by atoms with van der Waals surface area (Å²) >= 11 is 0. The van der Waals surface area contributed by atoms with E-state index >= 15 is 0 Å². The minimum Gasteiger partial charge on any atom is -0.439 e. The third-order valence-corrected chi connectivity index (χ3v) is 6.09. The van der Waals surface area contributed by atoms with E-state index in [9.17, 15) is 18.0 Å². The summed E-state index contributed by atoms with van der Waals surface area (Å²) < 4.78 is 50.8. The second kappa shape index (κ2) is 12.0. The maximum Gasteiger partial charge on any atom is 0.416 e. The molecule has 5 rings (SSSR count). The normalized spacial score (nSPS) is 11.4. The van der Waals surface area contributed by atoms with Crippen molar-refractivity contribution in [3.63, 3.8) is 0 Å². The quantitative estimate of drug-likeness (QED) is 0.196. The number of carbonyl (C=O) groups excluding carboxylic acids is 1. The van der Waals surface area contributed by atoms with Crippen molar-refractivity contribution in [3.05, 3.63) is 126 Å². The lowest BCUT2D eigenvalue weighted by molar-refractivity contribution is -0.137.